The Balaban J connectivity index is 2.05. The molecule has 0 saturated heterocycles. The third kappa shape index (κ3) is 4.93. The van der Waals surface area contributed by atoms with Crippen LogP contribution in [0.2, 0.25) is 0 Å². The van der Waals surface area contributed by atoms with Gasteiger partial charge in [0.05, 0.1) is 16.8 Å². The van der Waals surface area contributed by atoms with Gasteiger partial charge in [-0.25, -0.2) is 8.42 Å². The fourth-order valence-electron chi connectivity index (χ4n) is 3.03. The van der Waals surface area contributed by atoms with Crippen LogP contribution in [0.25, 0.3) is 10.8 Å². The van der Waals surface area contributed by atoms with Crippen LogP contribution >= 0.6 is 11.8 Å². The van der Waals surface area contributed by atoms with Gasteiger partial charge in [-0.3, -0.25) is 9.78 Å². The van der Waals surface area contributed by atoms with Crippen LogP contribution in [0.5, 0.6) is 0 Å². The number of aliphatic carboxylic acids is 1. The molecule has 1 heterocycles. The van der Waals surface area contributed by atoms with Crippen molar-refractivity contribution in [2.75, 3.05) is 5.32 Å². The number of nitrogens with zero attached hydrogens (tertiary/aromatic N) is 3. The molecule has 0 unspecified atom stereocenters. The van der Waals surface area contributed by atoms with Gasteiger partial charge in [0.25, 0.3) is 0 Å². The molecule has 0 spiro atoms. The van der Waals surface area contributed by atoms with E-state index in [9.17, 15) is 18.3 Å². The fraction of sp³-hybridized carbons (Fsp3) is 0.150. The summed E-state index contributed by atoms with van der Waals surface area (Å²) in [6.07, 6.45) is 3.00. The number of carboxylic acids is 1. The number of nitrogens with one attached hydrogen (secondary N) is 1. The van der Waals surface area contributed by atoms with E-state index < -0.39 is 22.0 Å². The number of nitrogens with two attached hydrogens (primary N) is 1. The molecule has 1 atom stereocenters. The minimum Gasteiger partial charge on any atom is -0.480 e. The Hall–Kier alpha value is -3.21. The first-order valence-electron chi connectivity index (χ1n) is 9.12. The highest BCUT2D eigenvalue weighted by Gasteiger charge is 2.33. The van der Waals surface area contributed by atoms with Gasteiger partial charge in [-0.15, -0.1) is 4.51 Å². The number of carbonyl (C=O) groups is 1. The van der Waals surface area contributed by atoms with Crippen molar-refractivity contribution in [3.63, 3.8) is 0 Å². The Morgan fingerprint density at radius 1 is 1.26 bits per heavy atom. The molecule has 0 bridgehead atoms. The van der Waals surface area contributed by atoms with Crippen LogP contribution in [0.4, 0.5) is 5.69 Å². The maximum Gasteiger partial charge on any atom is 0.321 e. The SMILES string of the molecule is C[C@@H](C(=O)O)N(Cc1ccccc1)S(=O)(=O)c1ccc2c(NC(N)=NCl)cncc2c1. The Morgan fingerprint density at radius 3 is 2.61 bits per heavy atom. The second-order valence-corrected chi connectivity index (χ2v) is 8.77. The van der Waals surface area contributed by atoms with E-state index in [1.807, 2.05) is 0 Å². The lowest BCUT2D eigenvalue weighted by molar-refractivity contribution is -0.141. The standard InChI is InChI=1S/C20H20ClN5O4S/c1-13(19(27)28)26(12-14-5-3-2-4-6-14)31(29,30)16-7-8-17-15(9-16)10-23-11-18(17)24-20(22)25-21/h2-11,13H,12H2,1H3,(H,27,28)(H3,22,24,25)/t13-/m0/s1. The van der Waals surface area contributed by atoms with Gasteiger partial charge in [-0.05, 0) is 24.6 Å². The molecular formula is C20H20ClN5O4S. The molecule has 0 amide bonds. The van der Waals surface area contributed by atoms with E-state index in [4.69, 9.17) is 17.5 Å². The predicted octanol–water partition coefficient (Wildman–Crippen LogP) is 2.78. The molecule has 9 nitrogen and oxygen atoms in total. The molecule has 0 radical (unpaired) electrons. The van der Waals surface area contributed by atoms with E-state index in [1.165, 1.54) is 31.5 Å². The summed E-state index contributed by atoms with van der Waals surface area (Å²) >= 11 is 5.34. The predicted molar refractivity (Wildman–Crippen MR) is 119 cm³/mol. The van der Waals surface area contributed by atoms with E-state index in [1.54, 1.807) is 36.4 Å². The monoisotopic (exact) mass is 461 g/mol. The van der Waals surface area contributed by atoms with Crippen molar-refractivity contribution in [3.8, 4) is 0 Å². The highest BCUT2D eigenvalue weighted by molar-refractivity contribution is 7.89. The summed E-state index contributed by atoms with van der Waals surface area (Å²) in [5.74, 6) is -1.29. The number of sulfonamides is 1. The lowest BCUT2D eigenvalue weighted by atomic mass is 10.1. The molecule has 2 aromatic carbocycles. The van der Waals surface area contributed by atoms with Crippen LogP contribution in [0, 0.1) is 0 Å². The van der Waals surface area contributed by atoms with Gasteiger partial charge in [0, 0.05) is 35.3 Å². The minimum atomic E-state index is -4.14. The number of benzene rings is 2. The number of fused-ring (bicyclic) bond motifs is 1. The van der Waals surface area contributed by atoms with Crippen molar-refractivity contribution < 1.29 is 18.3 Å². The van der Waals surface area contributed by atoms with Crippen molar-refractivity contribution in [2.45, 2.75) is 24.4 Å². The number of anilines is 1. The highest BCUT2D eigenvalue weighted by Crippen LogP contribution is 2.28. The number of aromatic nitrogens is 1. The van der Waals surface area contributed by atoms with Crippen LogP contribution in [-0.2, 0) is 21.4 Å². The molecule has 0 aliphatic rings. The van der Waals surface area contributed by atoms with Crippen molar-refractivity contribution in [3.05, 3.63) is 66.5 Å². The zero-order valence-electron chi connectivity index (χ0n) is 16.4. The molecule has 1 aromatic heterocycles. The van der Waals surface area contributed by atoms with Crippen molar-refractivity contribution in [2.24, 2.45) is 10.2 Å². The molecule has 31 heavy (non-hydrogen) atoms. The summed E-state index contributed by atoms with van der Waals surface area (Å²) < 4.78 is 31.1. The van der Waals surface area contributed by atoms with Crippen LogP contribution < -0.4 is 11.1 Å². The van der Waals surface area contributed by atoms with Gasteiger partial charge in [-0.1, -0.05) is 36.4 Å². The first-order chi connectivity index (χ1) is 14.7. The molecule has 0 saturated carbocycles. The molecular weight excluding hydrogens is 442 g/mol. The Morgan fingerprint density at radius 2 is 1.97 bits per heavy atom. The summed E-state index contributed by atoms with van der Waals surface area (Å²) in [6.45, 7) is 1.25. The van der Waals surface area contributed by atoms with E-state index in [0.29, 0.717) is 22.0 Å². The summed E-state index contributed by atoms with van der Waals surface area (Å²) in [4.78, 5) is 15.7. The van der Waals surface area contributed by atoms with Crippen molar-refractivity contribution in [1.82, 2.24) is 9.29 Å². The van der Waals surface area contributed by atoms with Gasteiger partial charge in [0.1, 0.15) is 6.04 Å². The number of hydrogen-bond acceptors (Lipinski definition) is 5. The van der Waals surface area contributed by atoms with E-state index in [2.05, 4.69) is 14.8 Å². The largest absolute Gasteiger partial charge is 0.480 e. The average Bonchev–Trinajstić information content (AvgIpc) is 2.77. The highest BCUT2D eigenvalue weighted by atomic mass is 35.5. The van der Waals surface area contributed by atoms with Crippen molar-refractivity contribution in [1.29, 1.82) is 0 Å². The number of pyridine rings is 1. The topological polar surface area (TPSA) is 138 Å². The fourth-order valence-corrected chi connectivity index (χ4v) is 4.68. The summed E-state index contributed by atoms with van der Waals surface area (Å²) in [7, 11) is -4.14. The summed E-state index contributed by atoms with van der Waals surface area (Å²) in [6, 6.07) is 11.9. The number of carboxylic acid groups (broad SMARTS) is 1. The van der Waals surface area contributed by atoms with E-state index in [-0.39, 0.29) is 17.4 Å². The second kappa shape index (κ2) is 9.29. The molecule has 11 heteroatoms. The van der Waals surface area contributed by atoms with E-state index in [0.717, 1.165) is 4.31 Å². The number of guanidine groups is 1. The number of hydrogen-bond donors (Lipinski definition) is 3. The van der Waals surface area contributed by atoms with Crippen LogP contribution in [-0.4, -0.2) is 40.8 Å². The van der Waals surface area contributed by atoms with Gasteiger partial charge in [0.15, 0.2) is 0 Å². The molecule has 0 fully saturated rings. The Bertz CT molecular complexity index is 1230. The lowest BCUT2D eigenvalue weighted by Gasteiger charge is -2.26. The molecule has 3 rings (SSSR count). The quantitative estimate of drug-likeness (QED) is 0.363. The van der Waals surface area contributed by atoms with Crippen molar-refractivity contribution >= 4 is 50.2 Å². The molecule has 0 aliphatic carbocycles. The first kappa shape index (κ1) is 22.5. The maximum atomic E-state index is 13.4. The smallest absolute Gasteiger partial charge is 0.321 e. The molecule has 162 valence electrons. The number of halogens is 1. The zero-order valence-corrected chi connectivity index (χ0v) is 18.0. The van der Waals surface area contributed by atoms with Gasteiger partial charge < -0.3 is 16.2 Å². The van der Waals surface area contributed by atoms with Gasteiger partial charge in [0.2, 0.25) is 16.0 Å². The Labute approximate surface area is 184 Å². The minimum absolute atomic E-state index is 0.0445. The summed E-state index contributed by atoms with van der Waals surface area (Å²) in [5, 5.41) is 13.4. The third-order valence-electron chi connectivity index (χ3n) is 4.66. The normalized spacial score (nSPS) is 13.3. The second-order valence-electron chi connectivity index (χ2n) is 6.71. The number of rotatable bonds is 7. The molecule has 0 aliphatic heterocycles. The van der Waals surface area contributed by atoms with Crippen LogP contribution in [0.15, 0.2) is 70.3 Å². The van der Waals surface area contributed by atoms with Gasteiger partial charge >= 0.3 is 5.97 Å². The van der Waals surface area contributed by atoms with E-state index >= 15 is 0 Å². The average molecular weight is 462 g/mol. The molecule has 3 aromatic rings. The van der Waals surface area contributed by atoms with Crippen LogP contribution in [0.1, 0.15) is 12.5 Å². The Kier molecular flexibility index (Phi) is 6.74. The maximum absolute atomic E-state index is 13.4. The first-order valence-corrected chi connectivity index (χ1v) is 10.9. The van der Waals surface area contributed by atoms with Gasteiger partial charge in [-0.2, -0.15) is 4.31 Å². The molecule has 4 N–H and O–H groups in total. The summed E-state index contributed by atoms with van der Waals surface area (Å²) in [5.41, 5.74) is 6.75. The third-order valence-corrected chi connectivity index (χ3v) is 6.76. The zero-order chi connectivity index (χ0) is 22.6. The van der Waals surface area contributed by atoms with Crippen LogP contribution in [0.3, 0.4) is 0 Å². The lowest BCUT2D eigenvalue weighted by Crippen LogP contribution is -2.42.